The second kappa shape index (κ2) is 9.75. The second-order valence-corrected chi connectivity index (χ2v) is 6.19. The van der Waals surface area contributed by atoms with E-state index >= 15 is 0 Å². The Balaban J connectivity index is 1.76. The van der Waals surface area contributed by atoms with E-state index in [1.807, 2.05) is 31.2 Å². The van der Waals surface area contributed by atoms with Gasteiger partial charge in [0.1, 0.15) is 30.8 Å². The third-order valence-corrected chi connectivity index (χ3v) is 4.43. The summed E-state index contributed by atoms with van der Waals surface area (Å²) >= 11 is 0. The van der Waals surface area contributed by atoms with Crippen LogP contribution in [0.5, 0.6) is 11.5 Å². The Morgan fingerprint density at radius 3 is 2.52 bits per heavy atom. The number of hydrogen-bond donors (Lipinski definition) is 3. The maximum absolute atomic E-state index is 10.3. The summed E-state index contributed by atoms with van der Waals surface area (Å²) in [6.07, 6.45) is 3.90. The molecular weight excluding hydrogens is 294 g/mol. The molecule has 0 aliphatic carbocycles. The molecule has 0 aromatic heterocycles. The average Bonchev–Trinajstić information content (AvgIpc) is 2.57. The van der Waals surface area contributed by atoms with Crippen LogP contribution in [0.3, 0.4) is 0 Å². The van der Waals surface area contributed by atoms with Crippen molar-refractivity contribution in [2.45, 2.75) is 44.8 Å². The van der Waals surface area contributed by atoms with Gasteiger partial charge in [-0.15, -0.1) is 0 Å². The fourth-order valence-corrected chi connectivity index (χ4v) is 3.28. The van der Waals surface area contributed by atoms with Crippen LogP contribution < -0.4 is 14.4 Å². The molecule has 0 saturated carbocycles. The molecule has 2 rings (SSSR count). The number of rotatable bonds is 9. The summed E-state index contributed by atoms with van der Waals surface area (Å²) in [5.74, 6) is 1.57. The Morgan fingerprint density at radius 1 is 1.17 bits per heavy atom. The van der Waals surface area contributed by atoms with Crippen molar-refractivity contribution in [3.63, 3.8) is 0 Å². The van der Waals surface area contributed by atoms with E-state index in [2.05, 4.69) is 0 Å². The summed E-state index contributed by atoms with van der Waals surface area (Å²) in [5, 5.41) is 19.4. The lowest BCUT2D eigenvalue weighted by molar-refractivity contribution is -0.933. The van der Waals surface area contributed by atoms with Gasteiger partial charge in [0.2, 0.25) is 0 Å². The van der Waals surface area contributed by atoms with E-state index in [-0.39, 0.29) is 6.61 Å². The topological polar surface area (TPSA) is 63.4 Å². The fourth-order valence-electron chi connectivity index (χ4n) is 3.28. The first-order valence-electron chi connectivity index (χ1n) is 8.72. The number of benzene rings is 1. The van der Waals surface area contributed by atoms with Crippen LogP contribution in [0, 0.1) is 0 Å². The molecule has 0 amide bonds. The van der Waals surface area contributed by atoms with Gasteiger partial charge in [-0.1, -0.05) is 0 Å². The van der Waals surface area contributed by atoms with Gasteiger partial charge in [0.15, 0.2) is 0 Å². The molecule has 1 aromatic rings. The number of quaternary nitrogens is 1. The maximum Gasteiger partial charge on any atom is 0.137 e. The molecule has 1 unspecified atom stereocenters. The van der Waals surface area contributed by atoms with Gasteiger partial charge in [-0.25, -0.2) is 0 Å². The minimum absolute atomic E-state index is 0.229. The molecule has 5 heteroatoms. The molecule has 1 aromatic carbocycles. The molecule has 0 spiro atoms. The van der Waals surface area contributed by atoms with E-state index in [1.54, 1.807) is 0 Å². The van der Waals surface area contributed by atoms with Gasteiger partial charge < -0.3 is 24.6 Å². The first kappa shape index (κ1) is 18.0. The normalized spacial score (nSPS) is 22.6. The molecular formula is C18H30NO4+. The lowest BCUT2D eigenvalue weighted by Gasteiger charge is -2.33. The molecule has 3 N–H and O–H groups in total. The molecule has 5 nitrogen and oxygen atoms in total. The molecule has 1 aliphatic heterocycles. The standard InChI is InChI=1S/C18H29NO4/c1-2-22-17-6-8-18(9-7-17)23-14-16(21)13-19-11-4-3-5-15(19)10-12-20/h6-9,15-16,20-21H,2-5,10-14H2,1H3/p+1/t15-,16+/m1/s1. The summed E-state index contributed by atoms with van der Waals surface area (Å²) in [7, 11) is 0. The number of nitrogens with one attached hydrogen (secondary N) is 1. The smallest absolute Gasteiger partial charge is 0.137 e. The van der Waals surface area contributed by atoms with E-state index in [0.717, 1.165) is 30.9 Å². The summed E-state index contributed by atoms with van der Waals surface area (Å²) in [6, 6.07) is 7.94. The van der Waals surface area contributed by atoms with Crippen molar-refractivity contribution >= 4 is 0 Å². The average molecular weight is 324 g/mol. The van der Waals surface area contributed by atoms with E-state index in [4.69, 9.17) is 9.47 Å². The van der Waals surface area contributed by atoms with Gasteiger partial charge in [0.05, 0.1) is 19.2 Å². The Morgan fingerprint density at radius 2 is 1.87 bits per heavy atom. The van der Waals surface area contributed by atoms with E-state index in [0.29, 0.717) is 25.8 Å². The molecule has 130 valence electrons. The molecule has 1 heterocycles. The number of likely N-dealkylation sites (tertiary alicyclic amines) is 1. The molecule has 23 heavy (non-hydrogen) atoms. The zero-order valence-corrected chi connectivity index (χ0v) is 14.0. The van der Waals surface area contributed by atoms with Gasteiger partial charge in [-0.2, -0.15) is 0 Å². The van der Waals surface area contributed by atoms with E-state index < -0.39 is 6.10 Å². The van der Waals surface area contributed by atoms with Crippen LogP contribution in [-0.2, 0) is 0 Å². The zero-order valence-electron chi connectivity index (χ0n) is 14.0. The molecule has 1 fully saturated rings. The summed E-state index contributed by atoms with van der Waals surface area (Å²) < 4.78 is 11.1. The number of aliphatic hydroxyl groups excluding tert-OH is 2. The monoisotopic (exact) mass is 324 g/mol. The molecule has 1 saturated heterocycles. The predicted octanol–water partition coefficient (Wildman–Crippen LogP) is 0.645. The van der Waals surface area contributed by atoms with Crippen molar-refractivity contribution in [1.29, 1.82) is 0 Å². The highest BCUT2D eigenvalue weighted by Gasteiger charge is 2.27. The van der Waals surface area contributed by atoms with Gasteiger partial charge in [-0.3, -0.25) is 0 Å². The lowest BCUT2D eigenvalue weighted by Crippen LogP contribution is -3.17. The Labute approximate surface area is 138 Å². The number of ether oxygens (including phenoxy) is 2. The summed E-state index contributed by atoms with van der Waals surface area (Å²) in [6.45, 7) is 4.88. The predicted molar refractivity (Wildman–Crippen MR) is 89.2 cm³/mol. The number of aliphatic hydroxyl groups is 2. The molecule has 0 radical (unpaired) electrons. The maximum atomic E-state index is 10.3. The largest absolute Gasteiger partial charge is 0.494 e. The first-order chi connectivity index (χ1) is 11.2. The minimum atomic E-state index is -0.490. The van der Waals surface area contributed by atoms with Crippen LogP contribution in [0.1, 0.15) is 32.6 Å². The van der Waals surface area contributed by atoms with Crippen molar-refractivity contribution in [3.8, 4) is 11.5 Å². The van der Waals surface area contributed by atoms with E-state index in [1.165, 1.54) is 17.7 Å². The molecule has 1 aliphatic rings. The van der Waals surface area contributed by atoms with Gasteiger partial charge in [0.25, 0.3) is 0 Å². The van der Waals surface area contributed by atoms with Crippen molar-refractivity contribution in [2.75, 3.05) is 32.9 Å². The fraction of sp³-hybridized carbons (Fsp3) is 0.667. The quantitative estimate of drug-likeness (QED) is 0.624. The second-order valence-electron chi connectivity index (χ2n) is 6.19. The van der Waals surface area contributed by atoms with Gasteiger partial charge >= 0.3 is 0 Å². The SMILES string of the molecule is CCOc1ccc(OC[C@@H](O)C[NH+]2CCCC[C@@H]2CCO)cc1. The van der Waals surface area contributed by atoms with Crippen LogP contribution >= 0.6 is 0 Å². The van der Waals surface area contributed by atoms with E-state index in [9.17, 15) is 10.2 Å². The highest BCUT2D eigenvalue weighted by Crippen LogP contribution is 2.17. The Kier molecular flexibility index (Phi) is 7.65. The third kappa shape index (κ3) is 6.01. The highest BCUT2D eigenvalue weighted by atomic mass is 16.5. The highest BCUT2D eigenvalue weighted by molar-refractivity contribution is 5.31. The van der Waals surface area contributed by atoms with Crippen molar-refractivity contribution < 1.29 is 24.6 Å². The van der Waals surface area contributed by atoms with Crippen LogP contribution in [0.25, 0.3) is 0 Å². The zero-order chi connectivity index (χ0) is 16.5. The lowest BCUT2D eigenvalue weighted by atomic mass is 9.99. The Hall–Kier alpha value is -1.30. The number of piperidine rings is 1. The van der Waals surface area contributed by atoms with Crippen LogP contribution in [0.15, 0.2) is 24.3 Å². The third-order valence-electron chi connectivity index (χ3n) is 4.43. The van der Waals surface area contributed by atoms with Crippen LogP contribution in [0.4, 0.5) is 0 Å². The number of hydrogen-bond acceptors (Lipinski definition) is 4. The van der Waals surface area contributed by atoms with Crippen molar-refractivity contribution in [1.82, 2.24) is 0 Å². The Bertz CT molecular complexity index is 435. The van der Waals surface area contributed by atoms with Crippen molar-refractivity contribution in [2.24, 2.45) is 0 Å². The summed E-state index contributed by atoms with van der Waals surface area (Å²) in [5.41, 5.74) is 0. The van der Waals surface area contributed by atoms with Crippen LogP contribution in [-0.4, -0.2) is 55.3 Å². The first-order valence-corrected chi connectivity index (χ1v) is 8.72. The molecule has 3 atom stereocenters. The van der Waals surface area contributed by atoms with Gasteiger partial charge in [-0.05, 0) is 50.5 Å². The minimum Gasteiger partial charge on any atom is -0.494 e. The summed E-state index contributed by atoms with van der Waals surface area (Å²) in [4.78, 5) is 1.40. The van der Waals surface area contributed by atoms with Crippen LogP contribution in [0.2, 0.25) is 0 Å². The van der Waals surface area contributed by atoms with Crippen molar-refractivity contribution in [3.05, 3.63) is 24.3 Å². The molecule has 0 bridgehead atoms. The van der Waals surface area contributed by atoms with Gasteiger partial charge in [0, 0.05) is 13.0 Å².